The van der Waals surface area contributed by atoms with Crippen LogP contribution in [0.5, 0.6) is 0 Å². The van der Waals surface area contributed by atoms with Crippen LogP contribution >= 0.6 is 23.1 Å². The van der Waals surface area contributed by atoms with Gasteiger partial charge in [-0.2, -0.15) is 0 Å². The van der Waals surface area contributed by atoms with Crippen LogP contribution in [0, 0.1) is 0 Å². The highest BCUT2D eigenvalue weighted by Crippen LogP contribution is 2.29. The van der Waals surface area contributed by atoms with E-state index >= 15 is 0 Å². The van der Waals surface area contributed by atoms with E-state index in [4.69, 9.17) is 0 Å². The first-order valence-corrected chi connectivity index (χ1v) is 10.6. The fourth-order valence-corrected chi connectivity index (χ4v) is 5.06. The molecule has 0 saturated carbocycles. The molecule has 2 aliphatic heterocycles. The maximum absolute atomic E-state index is 12.6. The lowest BCUT2D eigenvalue weighted by Gasteiger charge is -2.28. The third-order valence-electron chi connectivity index (χ3n) is 4.53. The van der Waals surface area contributed by atoms with E-state index in [0.717, 1.165) is 36.5 Å². The maximum atomic E-state index is 12.6. The first-order valence-electron chi connectivity index (χ1n) is 8.74. The van der Waals surface area contributed by atoms with Crippen molar-refractivity contribution >= 4 is 45.7 Å². The van der Waals surface area contributed by atoms with Gasteiger partial charge in [-0.3, -0.25) is 9.59 Å². The van der Waals surface area contributed by atoms with Gasteiger partial charge in [0.05, 0.1) is 17.1 Å². The number of nitrogens with one attached hydrogen (secondary N) is 1. The minimum Gasteiger partial charge on any atom is -0.301 e. The second kappa shape index (κ2) is 7.84. The molecule has 1 N–H and O–H groups in total. The Bertz CT molecular complexity index is 894. The number of hydrogen-bond donors (Lipinski definition) is 1. The lowest BCUT2D eigenvalue weighted by Crippen LogP contribution is -2.39. The highest BCUT2D eigenvalue weighted by atomic mass is 32.2. The van der Waals surface area contributed by atoms with Gasteiger partial charge in [-0.1, -0.05) is 30.3 Å². The van der Waals surface area contributed by atoms with Crippen LogP contribution in [0.4, 0.5) is 5.13 Å². The standard InChI is InChI=1S/C19H20N4O2S2/c1-22-8-7-14-16(9-22)27-19(20-14)21-17(24)10-23-15(11-26-12-18(23)25)13-5-3-2-4-6-13/h2-6,11H,7-10,12H2,1H3,(H,20,21,24). The van der Waals surface area contributed by atoms with Crippen molar-refractivity contribution in [3.8, 4) is 0 Å². The second-order valence-electron chi connectivity index (χ2n) is 6.58. The molecule has 1 aromatic carbocycles. The lowest BCUT2D eigenvalue weighted by atomic mass is 10.1. The molecule has 2 amide bonds. The molecule has 2 aromatic rings. The summed E-state index contributed by atoms with van der Waals surface area (Å²) in [4.78, 5) is 34.6. The van der Waals surface area contributed by atoms with Crippen LogP contribution in [0.15, 0.2) is 35.7 Å². The summed E-state index contributed by atoms with van der Waals surface area (Å²) in [6.45, 7) is 1.84. The molecule has 0 radical (unpaired) electrons. The van der Waals surface area contributed by atoms with Crippen LogP contribution in [-0.4, -0.2) is 52.5 Å². The molecule has 0 saturated heterocycles. The van der Waals surface area contributed by atoms with Gasteiger partial charge < -0.3 is 15.1 Å². The van der Waals surface area contributed by atoms with Gasteiger partial charge in [-0.25, -0.2) is 4.98 Å². The first kappa shape index (κ1) is 18.2. The summed E-state index contributed by atoms with van der Waals surface area (Å²) < 4.78 is 0. The number of rotatable bonds is 4. The average molecular weight is 401 g/mol. The van der Waals surface area contributed by atoms with E-state index in [0.29, 0.717) is 10.9 Å². The number of thioether (sulfide) groups is 1. The molecule has 6 nitrogen and oxygen atoms in total. The maximum Gasteiger partial charge on any atom is 0.246 e. The number of hydrogen-bond acceptors (Lipinski definition) is 6. The van der Waals surface area contributed by atoms with Gasteiger partial charge >= 0.3 is 0 Å². The number of anilines is 1. The van der Waals surface area contributed by atoms with Crippen LogP contribution in [0.3, 0.4) is 0 Å². The summed E-state index contributed by atoms with van der Waals surface area (Å²) in [7, 11) is 2.08. The van der Waals surface area contributed by atoms with E-state index in [2.05, 4.69) is 22.2 Å². The van der Waals surface area contributed by atoms with Gasteiger partial charge in [0.25, 0.3) is 0 Å². The number of fused-ring (bicyclic) bond motifs is 1. The first-order chi connectivity index (χ1) is 13.1. The summed E-state index contributed by atoms with van der Waals surface area (Å²) >= 11 is 2.98. The molecule has 4 rings (SSSR count). The monoisotopic (exact) mass is 400 g/mol. The SMILES string of the molecule is CN1CCc2nc(NC(=O)CN3C(=O)CSC=C3c3ccccc3)sc2C1. The molecule has 0 fully saturated rings. The predicted molar refractivity (Wildman–Crippen MR) is 109 cm³/mol. The van der Waals surface area contributed by atoms with Crippen LogP contribution in [0.25, 0.3) is 5.70 Å². The number of carbonyl (C=O) groups is 2. The molecule has 0 atom stereocenters. The third-order valence-corrected chi connectivity index (χ3v) is 6.33. The average Bonchev–Trinajstić information content (AvgIpc) is 3.05. The zero-order valence-corrected chi connectivity index (χ0v) is 16.6. The zero-order chi connectivity index (χ0) is 18.8. The van der Waals surface area contributed by atoms with Gasteiger partial charge in [0, 0.05) is 24.4 Å². The number of likely N-dealkylation sites (N-methyl/N-ethyl adjacent to an activating group) is 1. The fourth-order valence-electron chi connectivity index (χ4n) is 3.15. The lowest BCUT2D eigenvalue weighted by molar-refractivity contribution is -0.129. The number of thiazole rings is 1. The predicted octanol–water partition coefficient (Wildman–Crippen LogP) is 2.64. The van der Waals surface area contributed by atoms with E-state index in [1.165, 1.54) is 28.0 Å². The van der Waals surface area contributed by atoms with Crippen molar-refractivity contribution in [1.82, 2.24) is 14.8 Å². The molecule has 27 heavy (non-hydrogen) atoms. The van der Waals surface area contributed by atoms with Crippen molar-refractivity contribution in [2.45, 2.75) is 13.0 Å². The van der Waals surface area contributed by atoms with Gasteiger partial charge in [-0.05, 0) is 18.0 Å². The number of carbonyl (C=O) groups excluding carboxylic acids is 2. The Kier molecular flexibility index (Phi) is 5.29. The molecular formula is C19H20N4O2S2. The summed E-state index contributed by atoms with van der Waals surface area (Å²) in [6, 6.07) is 9.67. The molecule has 1 aromatic heterocycles. The van der Waals surface area contributed by atoms with Crippen molar-refractivity contribution in [1.29, 1.82) is 0 Å². The number of benzene rings is 1. The molecular weight excluding hydrogens is 380 g/mol. The van der Waals surface area contributed by atoms with Gasteiger partial charge in [0.1, 0.15) is 6.54 Å². The van der Waals surface area contributed by atoms with Crippen molar-refractivity contribution in [2.75, 3.05) is 31.2 Å². The smallest absolute Gasteiger partial charge is 0.246 e. The molecule has 8 heteroatoms. The Morgan fingerprint density at radius 1 is 1.30 bits per heavy atom. The van der Waals surface area contributed by atoms with E-state index in [1.807, 2.05) is 35.7 Å². The highest BCUT2D eigenvalue weighted by Gasteiger charge is 2.26. The van der Waals surface area contributed by atoms with Gasteiger partial charge in [0.2, 0.25) is 11.8 Å². The normalized spacial score (nSPS) is 17.4. The quantitative estimate of drug-likeness (QED) is 0.855. The van der Waals surface area contributed by atoms with E-state index in [-0.39, 0.29) is 18.4 Å². The molecule has 0 unspecified atom stereocenters. The van der Waals surface area contributed by atoms with Crippen LogP contribution in [-0.2, 0) is 22.6 Å². The van der Waals surface area contributed by atoms with Crippen molar-refractivity contribution in [3.63, 3.8) is 0 Å². The minimum absolute atomic E-state index is 0.00965. The van der Waals surface area contributed by atoms with Crippen molar-refractivity contribution in [2.24, 2.45) is 0 Å². The minimum atomic E-state index is -0.225. The highest BCUT2D eigenvalue weighted by molar-refractivity contribution is 8.03. The largest absolute Gasteiger partial charge is 0.301 e. The Morgan fingerprint density at radius 3 is 2.93 bits per heavy atom. The third kappa shape index (κ3) is 4.07. The van der Waals surface area contributed by atoms with Gasteiger partial charge in [0.15, 0.2) is 5.13 Å². The molecule has 140 valence electrons. The summed E-state index contributed by atoms with van der Waals surface area (Å²) in [5.74, 6) is 0.0645. The topological polar surface area (TPSA) is 65.5 Å². The zero-order valence-electron chi connectivity index (χ0n) is 15.0. The van der Waals surface area contributed by atoms with Gasteiger partial charge in [-0.15, -0.1) is 23.1 Å². The molecule has 3 heterocycles. The van der Waals surface area contributed by atoms with E-state index < -0.39 is 0 Å². The second-order valence-corrected chi connectivity index (χ2v) is 8.53. The van der Waals surface area contributed by atoms with E-state index in [1.54, 1.807) is 4.90 Å². The van der Waals surface area contributed by atoms with Crippen molar-refractivity contribution < 1.29 is 9.59 Å². The number of nitrogens with zero attached hydrogens (tertiary/aromatic N) is 3. The number of amides is 2. The summed E-state index contributed by atoms with van der Waals surface area (Å²) in [5.41, 5.74) is 2.77. The summed E-state index contributed by atoms with van der Waals surface area (Å²) in [5, 5.41) is 5.44. The molecule has 0 aliphatic carbocycles. The fraction of sp³-hybridized carbons (Fsp3) is 0.316. The number of aromatic nitrogens is 1. The Morgan fingerprint density at radius 2 is 2.11 bits per heavy atom. The van der Waals surface area contributed by atoms with Crippen LogP contribution in [0.2, 0.25) is 0 Å². The van der Waals surface area contributed by atoms with E-state index in [9.17, 15) is 9.59 Å². The molecule has 0 bridgehead atoms. The Hall–Kier alpha value is -2.16. The molecule has 2 aliphatic rings. The summed E-state index contributed by atoms with van der Waals surface area (Å²) in [6.07, 6.45) is 0.904. The molecule has 0 spiro atoms. The van der Waals surface area contributed by atoms with Crippen LogP contribution < -0.4 is 5.32 Å². The Labute approximate surface area is 166 Å². The van der Waals surface area contributed by atoms with Crippen LogP contribution in [0.1, 0.15) is 16.1 Å². The Balaban J connectivity index is 1.47. The van der Waals surface area contributed by atoms with Crippen molar-refractivity contribution in [3.05, 3.63) is 51.9 Å².